The molecular formula is C16H23BrO3. The van der Waals surface area contributed by atoms with Crippen molar-refractivity contribution in [3.8, 4) is 5.75 Å². The Morgan fingerprint density at radius 2 is 1.95 bits per heavy atom. The van der Waals surface area contributed by atoms with Gasteiger partial charge in [-0.1, -0.05) is 35.2 Å². The summed E-state index contributed by atoms with van der Waals surface area (Å²) < 4.78 is 6.26. The van der Waals surface area contributed by atoms with E-state index in [0.717, 1.165) is 41.5 Å². The molecule has 0 bridgehead atoms. The number of ether oxygens (including phenoxy) is 1. The molecule has 2 N–H and O–H groups in total. The van der Waals surface area contributed by atoms with Crippen LogP contribution in [0.25, 0.3) is 0 Å². The van der Waals surface area contributed by atoms with E-state index >= 15 is 0 Å². The summed E-state index contributed by atoms with van der Waals surface area (Å²) in [7, 11) is 1.62. The third-order valence-corrected chi connectivity index (χ3v) is 4.69. The highest BCUT2D eigenvalue weighted by Crippen LogP contribution is 2.30. The molecule has 2 atom stereocenters. The normalized spacial score (nSPS) is 19.6. The van der Waals surface area contributed by atoms with E-state index in [0.29, 0.717) is 6.42 Å². The van der Waals surface area contributed by atoms with Gasteiger partial charge >= 0.3 is 0 Å². The second-order valence-corrected chi connectivity index (χ2v) is 6.53. The lowest BCUT2D eigenvalue weighted by atomic mass is 9.82. The minimum atomic E-state index is -0.735. The Morgan fingerprint density at radius 1 is 1.25 bits per heavy atom. The van der Waals surface area contributed by atoms with Gasteiger partial charge in [0.15, 0.2) is 0 Å². The van der Waals surface area contributed by atoms with Gasteiger partial charge in [0, 0.05) is 10.9 Å². The number of aliphatic hydroxyl groups excluding tert-OH is 2. The molecule has 3 nitrogen and oxygen atoms in total. The third kappa shape index (κ3) is 3.96. The van der Waals surface area contributed by atoms with Crippen LogP contribution in [0, 0.1) is 5.92 Å². The zero-order valence-corrected chi connectivity index (χ0v) is 13.5. The number of methoxy groups -OCH3 is 1. The molecule has 112 valence electrons. The van der Waals surface area contributed by atoms with Crippen molar-refractivity contribution >= 4 is 15.9 Å². The molecule has 0 aliphatic heterocycles. The molecule has 0 radical (unpaired) electrons. The van der Waals surface area contributed by atoms with Gasteiger partial charge in [-0.05, 0) is 42.5 Å². The van der Waals surface area contributed by atoms with Crippen molar-refractivity contribution in [2.45, 2.75) is 50.7 Å². The number of hydrogen-bond acceptors (Lipinski definition) is 3. The average Bonchev–Trinajstić information content (AvgIpc) is 2.47. The fourth-order valence-electron chi connectivity index (χ4n) is 3.04. The van der Waals surface area contributed by atoms with Crippen LogP contribution in [0.2, 0.25) is 0 Å². The van der Waals surface area contributed by atoms with E-state index in [2.05, 4.69) is 15.9 Å². The van der Waals surface area contributed by atoms with E-state index in [1.165, 1.54) is 6.42 Å². The maximum Gasteiger partial charge on any atom is 0.122 e. The van der Waals surface area contributed by atoms with Crippen LogP contribution in [0.5, 0.6) is 5.75 Å². The van der Waals surface area contributed by atoms with Crippen molar-refractivity contribution in [1.82, 2.24) is 0 Å². The van der Waals surface area contributed by atoms with E-state index in [4.69, 9.17) is 4.74 Å². The van der Waals surface area contributed by atoms with Crippen LogP contribution < -0.4 is 4.74 Å². The number of rotatable bonds is 5. The van der Waals surface area contributed by atoms with Gasteiger partial charge < -0.3 is 14.9 Å². The van der Waals surface area contributed by atoms with Gasteiger partial charge in [-0.15, -0.1) is 0 Å². The smallest absolute Gasteiger partial charge is 0.122 e. The summed E-state index contributed by atoms with van der Waals surface area (Å²) in [4.78, 5) is 0. The largest absolute Gasteiger partial charge is 0.496 e. The molecule has 4 heteroatoms. The summed E-state index contributed by atoms with van der Waals surface area (Å²) in [5, 5.41) is 20.6. The van der Waals surface area contributed by atoms with Crippen LogP contribution in [0.4, 0.5) is 0 Å². The first-order chi connectivity index (χ1) is 9.61. The van der Waals surface area contributed by atoms with Gasteiger partial charge in [0.2, 0.25) is 0 Å². The maximum absolute atomic E-state index is 10.3. The molecule has 0 saturated heterocycles. The zero-order chi connectivity index (χ0) is 14.5. The standard InChI is InChI=1S/C16H23BrO3/c1-20-15-8-7-13(17)9-12(15)10-14(18)16(19)11-5-3-2-4-6-11/h7-9,11,14,16,18-19H,2-6,10H2,1H3. The van der Waals surface area contributed by atoms with Crippen molar-refractivity contribution < 1.29 is 14.9 Å². The SMILES string of the molecule is COc1ccc(Br)cc1CC(O)C(O)C1CCCCC1. The highest BCUT2D eigenvalue weighted by molar-refractivity contribution is 9.10. The maximum atomic E-state index is 10.3. The summed E-state index contributed by atoms with van der Waals surface area (Å²) in [6, 6.07) is 5.72. The van der Waals surface area contributed by atoms with Gasteiger partial charge in [0.1, 0.15) is 5.75 Å². The van der Waals surface area contributed by atoms with Gasteiger partial charge in [-0.2, -0.15) is 0 Å². The molecule has 1 aromatic rings. The fourth-order valence-corrected chi connectivity index (χ4v) is 3.45. The number of hydrogen-bond donors (Lipinski definition) is 2. The number of aliphatic hydroxyl groups is 2. The first kappa shape index (κ1) is 15.8. The predicted octanol–water partition coefficient (Wildman–Crippen LogP) is 3.30. The predicted molar refractivity (Wildman–Crippen MR) is 83.0 cm³/mol. The monoisotopic (exact) mass is 342 g/mol. The van der Waals surface area contributed by atoms with Crippen molar-refractivity contribution in [3.63, 3.8) is 0 Å². The van der Waals surface area contributed by atoms with Crippen LogP contribution >= 0.6 is 15.9 Å². The molecule has 2 rings (SSSR count). The molecule has 0 amide bonds. The molecule has 20 heavy (non-hydrogen) atoms. The first-order valence-corrected chi connectivity index (χ1v) is 8.09. The lowest BCUT2D eigenvalue weighted by molar-refractivity contribution is -0.0265. The van der Waals surface area contributed by atoms with Crippen molar-refractivity contribution in [2.24, 2.45) is 5.92 Å². The molecule has 1 aliphatic rings. The summed E-state index contributed by atoms with van der Waals surface area (Å²) in [5.74, 6) is 0.986. The molecule has 0 heterocycles. The molecule has 1 aliphatic carbocycles. The Kier molecular flexibility index (Phi) is 5.87. The van der Waals surface area contributed by atoms with E-state index in [9.17, 15) is 10.2 Å². The highest BCUT2D eigenvalue weighted by Gasteiger charge is 2.28. The molecule has 2 unspecified atom stereocenters. The Bertz CT molecular complexity index is 430. The van der Waals surface area contributed by atoms with E-state index in [1.54, 1.807) is 7.11 Å². The van der Waals surface area contributed by atoms with Crippen LogP contribution in [-0.4, -0.2) is 29.5 Å². The van der Waals surface area contributed by atoms with Crippen molar-refractivity contribution in [1.29, 1.82) is 0 Å². The minimum absolute atomic E-state index is 0.233. The molecule has 0 aromatic heterocycles. The summed E-state index contributed by atoms with van der Waals surface area (Å²) in [6.45, 7) is 0. The topological polar surface area (TPSA) is 49.7 Å². The summed E-state index contributed by atoms with van der Waals surface area (Å²) in [5.41, 5.74) is 0.921. The van der Waals surface area contributed by atoms with Crippen LogP contribution in [0.3, 0.4) is 0 Å². The Labute approximate surface area is 129 Å². The second kappa shape index (κ2) is 7.43. The highest BCUT2D eigenvalue weighted by atomic mass is 79.9. The van der Waals surface area contributed by atoms with Crippen LogP contribution in [0.15, 0.2) is 22.7 Å². The number of benzene rings is 1. The van der Waals surface area contributed by atoms with Gasteiger partial charge in [-0.25, -0.2) is 0 Å². The lowest BCUT2D eigenvalue weighted by Gasteiger charge is -2.30. The molecule has 0 spiro atoms. The Balaban J connectivity index is 2.02. The van der Waals surface area contributed by atoms with E-state index < -0.39 is 12.2 Å². The minimum Gasteiger partial charge on any atom is -0.496 e. The lowest BCUT2D eigenvalue weighted by Crippen LogP contribution is -2.36. The van der Waals surface area contributed by atoms with E-state index in [-0.39, 0.29) is 5.92 Å². The molecule has 1 fully saturated rings. The average molecular weight is 343 g/mol. The van der Waals surface area contributed by atoms with Crippen molar-refractivity contribution in [3.05, 3.63) is 28.2 Å². The van der Waals surface area contributed by atoms with Crippen molar-refractivity contribution in [2.75, 3.05) is 7.11 Å². The van der Waals surface area contributed by atoms with Crippen LogP contribution in [-0.2, 0) is 6.42 Å². The molecular weight excluding hydrogens is 320 g/mol. The second-order valence-electron chi connectivity index (χ2n) is 5.62. The third-order valence-electron chi connectivity index (χ3n) is 4.20. The molecule has 1 saturated carbocycles. The Morgan fingerprint density at radius 3 is 2.60 bits per heavy atom. The number of halogens is 1. The van der Waals surface area contributed by atoms with Gasteiger partial charge in [-0.3, -0.25) is 0 Å². The quantitative estimate of drug-likeness (QED) is 0.863. The summed E-state index contributed by atoms with van der Waals surface area (Å²) in [6.07, 6.45) is 4.66. The first-order valence-electron chi connectivity index (χ1n) is 7.30. The summed E-state index contributed by atoms with van der Waals surface area (Å²) >= 11 is 3.43. The zero-order valence-electron chi connectivity index (χ0n) is 11.9. The Hall–Kier alpha value is -0.580. The van der Waals surface area contributed by atoms with Crippen LogP contribution in [0.1, 0.15) is 37.7 Å². The van der Waals surface area contributed by atoms with Gasteiger partial charge in [0.25, 0.3) is 0 Å². The van der Waals surface area contributed by atoms with E-state index in [1.807, 2.05) is 18.2 Å². The van der Waals surface area contributed by atoms with Gasteiger partial charge in [0.05, 0.1) is 19.3 Å². The molecule has 1 aromatic carbocycles. The fraction of sp³-hybridized carbons (Fsp3) is 0.625.